The summed E-state index contributed by atoms with van der Waals surface area (Å²) in [6, 6.07) is 1.66. The van der Waals surface area contributed by atoms with Crippen molar-refractivity contribution in [3.63, 3.8) is 0 Å². The zero-order valence-electron chi connectivity index (χ0n) is 19.1. The summed E-state index contributed by atoms with van der Waals surface area (Å²) in [5, 5.41) is 2.63. The zero-order valence-corrected chi connectivity index (χ0v) is 19.9. The molecule has 0 atom stereocenters. The van der Waals surface area contributed by atoms with E-state index in [9.17, 15) is 26.4 Å². The standard InChI is InChI=1S/C21H32F3N5O4S/c22-21(23,24)20-26-17(28-10-1-2-11-28)15-18(27-20)29-12-7-16(8-13-29)5-3-6-19(30)25-9-4-14-34(31,32)33/h15-16H,1-14H2,(H,25,30)(H,31,32,33). The second-order valence-electron chi connectivity index (χ2n) is 8.91. The summed E-state index contributed by atoms with van der Waals surface area (Å²) in [5.41, 5.74) is 0. The Balaban J connectivity index is 1.45. The van der Waals surface area contributed by atoms with Gasteiger partial charge in [0.1, 0.15) is 11.6 Å². The molecule has 1 amide bonds. The fourth-order valence-electron chi connectivity index (χ4n) is 4.39. The lowest BCUT2D eigenvalue weighted by Crippen LogP contribution is -2.35. The zero-order chi connectivity index (χ0) is 24.8. The average molecular weight is 508 g/mol. The van der Waals surface area contributed by atoms with Crippen LogP contribution in [0.15, 0.2) is 6.07 Å². The predicted octanol–water partition coefficient (Wildman–Crippen LogP) is 2.88. The second-order valence-corrected chi connectivity index (χ2v) is 10.5. The Bertz CT molecular complexity index is 931. The average Bonchev–Trinajstić information content (AvgIpc) is 3.31. The third-order valence-electron chi connectivity index (χ3n) is 6.24. The Morgan fingerprint density at radius 3 is 2.21 bits per heavy atom. The molecule has 1 aromatic rings. The first kappa shape index (κ1) is 26.5. The molecule has 2 aliphatic rings. The van der Waals surface area contributed by atoms with Crippen molar-refractivity contribution in [3.05, 3.63) is 11.9 Å². The smallest absolute Gasteiger partial charge is 0.356 e. The maximum atomic E-state index is 13.4. The number of nitrogens with one attached hydrogen (secondary N) is 1. The summed E-state index contributed by atoms with van der Waals surface area (Å²) in [5.74, 6) is -0.626. The van der Waals surface area contributed by atoms with E-state index in [1.807, 2.05) is 9.80 Å². The van der Waals surface area contributed by atoms with Gasteiger partial charge in [0.2, 0.25) is 11.7 Å². The Labute approximate surface area is 197 Å². The highest BCUT2D eigenvalue weighted by Gasteiger charge is 2.37. The van der Waals surface area contributed by atoms with Gasteiger partial charge >= 0.3 is 6.18 Å². The van der Waals surface area contributed by atoms with Crippen LogP contribution in [-0.2, 0) is 21.1 Å². The summed E-state index contributed by atoms with van der Waals surface area (Å²) in [6.07, 6.45) is 0.885. The van der Waals surface area contributed by atoms with E-state index in [0.29, 0.717) is 56.6 Å². The second kappa shape index (κ2) is 11.5. The van der Waals surface area contributed by atoms with Crippen LogP contribution in [0.1, 0.15) is 57.2 Å². The molecule has 0 radical (unpaired) electrons. The molecule has 0 spiro atoms. The molecule has 0 saturated carbocycles. The molecule has 2 N–H and O–H groups in total. The first-order chi connectivity index (χ1) is 16.0. The minimum atomic E-state index is -4.60. The van der Waals surface area contributed by atoms with Crippen molar-refractivity contribution >= 4 is 27.7 Å². The van der Waals surface area contributed by atoms with Gasteiger partial charge in [-0.1, -0.05) is 0 Å². The molecule has 9 nitrogen and oxygen atoms in total. The van der Waals surface area contributed by atoms with Crippen LogP contribution in [0.25, 0.3) is 0 Å². The van der Waals surface area contributed by atoms with Crippen molar-refractivity contribution in [2.45, 2.75) is 57.5 Å². The van der Waals surface area contributed by atoms with Gasteiger partial charge in [0.25, 0.3) is 10.1 Å². The number of rotatable bonds is 10. The molecule has 0 aliphatic carbocycles. The monoisotopic (exact) mass is 507 g/mol. The number of carbonyl (C=O) groups excluding carboxylic acids is 1. The first-order valence-corrected chi connectivity index (χ1v) is 13.3. The van der Waals surface area contributed by atoms with E-state index in [-0.39, 0.29) is 24.6 Å². The number of carbonyl (C=O) groups is 1. The summed E-state index contributed by atoms with van der Waals surface area (Å²) in [6.45, 7) is 2.78. The van der Waals surface area contributed by atoms with Crippen LogP contribution in [-0.4, -0.2) is 67.3 Å². The third kappa shape index (κ3) is 8.26. The number of hydrogen-bond donors (Lipinski definition) is 2. The molecule has 0 bridgehead atoms. The van der Waals surface area contributed by atoms with Gasteiger partial charge in [-0.2, -0.15) is 21.6 Å². The lowest BCUT2D eigenvalue weighted by molar-refractivity contribution is -0.144. The van der Waals surface area contributed by atoms with Gasteiger partial charge in [-0.05, 0) is 50.9 Å². The quantitative estimate of drug-likeness (QED) is 0.367. The Hall–Kier alpha value is -2.15. The number of piperidine rings is 1. The highest BCUT2D eigenvalue weighted by atomic mass is 32.2. The maximum Gasteiger partial charge on any atom is 0.451 e. The van der Waals surface area contributed by atoms with Gasteiger partial charge in [0, 0.05) is 45.2 Å². The van der Waals surface area contributed by atoms with Crippen LogP contribution < -0.4 is 15.1 Å². The van der Waals surface area contributed by atoms with E-state index in [0.717, 1.165) is 32.1 Å². The van der Waals surface area contributed by atoms with E-state index < -0.39 is 22.1 Å². The summed E-state index contributed by atoms with van der Waals surface area (Å²) in [4.78, 5) is 23.2. The fraction of sp³-hybridized carbons (Fsp3) is 0.762. The van der Waals surface area contributed by atoms with E-state index >= 15 is 0 Å². The van der Waals surface area contributed by atoms with Gasteiger partial charge in [-0.25, -0.2) is 9.97 Å². The summed E-state index contributed by atoms with van der Waals surface area (Å²) < 4.78 is 70.1. The van der Waals surface area contributed by atoms with Gasteiger partial charge in [-0.3, -0.25) is 9.35 Å². The number of alkyl halides is 3. The van der Waals surface area contributed by atoms with Crippen molar-refractivity contribution < 1.29 is 30.9 Å². The fourth-order valence-corrected chi connectivity index (χ4v) is 4.90. The molecule has 13 heteroatoms. The molecule has 34 heavy (non-hydrogen) atoms. The third-order valence-corrected chi connectivity index (χ3v) is 7.04. The van der Waals surface area contributed by atoms with Crippen molar-refractivity contribution in [1.29, 1.82) is 0 Å². The summed E-state index contributed by atoms with van der Waals surface area (Å²) in [7, 11) is -4.02. The lowest BCUT2D eigenvalue weighted by Gasteiger charge is -2.33. The van der Waals surface area contributed by atoms with E-state index in [1.165, 1.54) is 0 Å². The predicted molar refractivity (Wildman–Crippen MR) is 121 cm³/mol. The van der Waals surface area contributed by atoms with Crippen molar-refractivity contribution in [1.82, 2.24) is 15.3 Å². The van der Waals surface area contributed by atoms with Crippen LogP contribution in [0, 0.1) is 5.92 Å². The van der Waals surface area contributed by atoms with Crippen molar-refractivity contribution in [2.75, 3.05) is 48.3 Å². The van der Waals surface area contributed by atoms with Gasteiger partial charge in [-0.15, -0.1) is 0 Å². The highest BCUT2D eigenvalue weighted by molar-refractivity contribution is 7.85. The molecule has 0 aromatic carbocycles. The van der Waals surface area contributed by atoms with Crippen molar-refractivity contribution in [3.8, 4) is 0 Å². The van der Waals surface area contributed by atoms with Crippen molar-refractivity contribution in [2.24, 2.45) is 5.92 Å². The number of anilines is 2. The topological polar surface area (TPSA) is 116 Å². The Morgan fingerprint density at radius 2 is 1.65 bits per heavy atom. The normalized spacial score (nSPS) is 17.9. The van der Waals surface area contributed by atoms with Crippen LogP contribution in [0.4, 0.5) is 24.8 Å². The minimum absolute atomic E-state index is 0.154. The molecule has 2 fully saturated rings. The van der Waals surface area contributed by atoms with Crippen LogP contribution in [0.5, 0.6) is 0 Å². The SMILES string of the molecule is O=C(CCCC1CCN(c2cc(N3CCCC3)nc(C(F)(F)F)n2)CC1)NCCCS(=O)(=O)O. The molecule has 0 unspecified atom stereocenters. The molecule has 3 rings (SSSR count). The van der Waals surface area contributed by atoms with Crippen LogP contribution in [0.3, 0.4) is 0 Å². The molecule has 2 aliphatic heterocycles. The molecule has 1 aromatic heterocycles. The van der Waals surface area contributed by atoms with Gasteiger partial charge in [0.05, 0.1) is 5.75 Å². The molecule has 192 valence electrons. The first-order valence-electron chi connectivity index (χ1n) is 11.7. The van der Waals surface area contributed by atoms with E-state index in [1.54, 1.807) is 6.07 Å². The molecule has 3 heterocycles. The maximum absolute atomic E-state index is 13.4. The number of halogens is 3. The lowest BCUT2D eigenvalue weighted by atomic mass is 9.91. The van der Waals surface area contributed by atoms with Gasteiger partial charge < -0.3 is 15.1 Å². The van der Waals surface area contributed by atoms with E-state index in [4.69, 9.17) is 4.55 Å². The number of aromatic nitrogens is 2. The number of amides is 1. The number of hydrogen-bond acceptors (Lipinski definition) is 7. The largest absolute Gasteiger partial charge is 0.451 e. The van der Waals surface area contributed by atoms with Gasteiger partial charge in [0.15, 0.2) is 0 Å². The highest BCUT2D eigenvalue weighted by Crippen LogP contribution is 2.33. The summed E-state index contributed by atoms with van der Waals surface area (Å²) >= 11 is 0. The Morgan fingerprint density at radius 1 is 1.06 bits per heavy atom. The Kier molecular flexibility index (Phi) is 8.96. The molecular weight excluding hydrogens is 475 g/mol. The van der Waals surface area contributed by atoms with Crippen LogP contribution in [0.2, 0.25) is 0 Å². The van der Waals surface area contributed by atoms with E-state index in [2.05, 4.69) is 15.3 Å². The number of nitrogens with zero attached hydrogens (tertiary/aromatic N) is 4. The minimum Gasteiger partial charge on any atom is -0.356 e. The molecule has 2 saturated heterocycles. The van der Waals surface area contributed by atoms with Crippen LogP contribution >= 0.6 is 0 Å². The molecular formula is C21H32F3N5O4S.